The standard InChI is InChI=1S/C26H22O10/c27-11-20-21(29)22(30)23(31)25(35-20)33-13-6-8-17-19(10-13)34-18-9-12(28)5-7-16(18)26(17)15-4-2-1-3-14(15)24(32)36-26/h1-10,20-23,25,27-31H,11H2/t20-,21+,22+,23-,25-,26-/m1/s1. The van der Waals surface area contributed by atoms with Gasteiger partial charge in [0.05, 0.1) is 12.2 Å². The molecule has 0 aromatic heterocycles. The number of rotatable bonds is 3. The van der Waals surface area contributed by atoms with E-state index in [4.69, 9.17) is 18.9 Å². The van der Waals surface area contributed by atoms with Gasteiger partial charge in [-0.15, -0.1) is 0 Å². The zero-order chi connectivity index (χ0) is 25.2. The van der Waals surface area contributed by atoms with Gasteiger partial charge in [0.15, 0.2) is 5.60 Å². The predicted octanol–water partition coefficient (Wildman–Crippen LogP) is 1.14. The molecule has 6 atom stereocenters. The maximum atomic E-state index is 12.9. The Labute approximate surface area is 204 Å². The molecule has 3 aromatic rings. The van der Waals surface area contributed by atoms with Crippen molar-refractivity contribution in [1.29, 1.82) is 0 Å². The number of carbonyl (C=O) groups excluding carboxylic acids is 1. The van der Waals surface area contributed by atoms with Gasteiger partial charge in [0, 0.05) is 28.8 Å². The molecule has 0 aliphatic carbocycles. The molecule has 1 spiro atoms. The second-order valence-electron chi connectivity index (χ2n) is 8.87. The number of aromatic hydroxyl groups is 1. The van der Waals surface area contributed by atoms with E-state index in [1.54, 1.807) is 42.5 Å². The lowest BCUT2D eigenvalue weighted by Gasteiger charge is -2.40. The SMILES string of the molecule is O=C1O[C@@]2(c3ccc(O)cc3Oc3cc(O[C@@H]4O[C@H](CO)[C@H](O)[C@H](O)[C@H]4O)ccc32)c2ccccc21. The summed E-state index contributed by atoms with van der Waals surface area (Å²) >= 11 is 0. The summed E-state index contributed by atoms with van der Waals surface area (Å²) < 4.78 is 23.3. The largest absolute Gasteiger partial charge is 0.508 e. The lowest BCUT2D eigenvalue weighted by molar-refractivity contribution is -0.277. The van der Waals surface area contributed by atoms with Crippen molar-refractivity contribution in [3.63, 3.8) is 0 Å². The van der Waals surface area contributed by atoms with Gasteiger partial charge in [0.1, 0.15) is 47.4 Å². The molecule has 186 valence electrons. The fourth-order valence-corrected chi connectivity index (χ4v) is 5.02. The van der Waals surface area contributed by atoms with Crippen LogP contribution in [0, 0.1) is 0 Å². The Morgan fingerprint density at radius 3 is 2.36 bits per heavy atom. The molecule has 5 N–H and O–H groups in total. The topological polar surface area (TPSA) is 155 Å². The minimum absolute atomic E-state index is 0.0429. The van der Waals surface area contributed by atoms with Gasteiger partial charge in [-0.05, 0) is 30.3 Å². The molecule has 0 radical (unpaired) electrons. The van der Waals surface area contributed by atoms with Crippen molar-refractivity contribution < 1.29 is 49.3 Å². The summed E-state index contributed by atoms with van der Waals surface area (Å²) in [5.41, 5.74) is 0.750. The normalized spacial score (nSPS) is 30.1. The van der Waals surface area contributed by atoms with Crippen LogP contribution in [0.3, 0.4) is 0 Å². The molecule has 0 amide bonds. The highest BCUT2D eigenvalue weighted by molar-refractivity contribution is 5.97. The third-order valence-electron chi connectivity index (χ3n) is 6.77. The van der Waals surface area contributed by atoms with E-state index in [1.807, 2.05) is 0 Å². The highest BCUT2D eigenvalue weighted by Crippen LogP contribution is 2.57. The van der Waals surface area contributed by atoms with Crippen LogP contribution in [0.15, 0.2) is 60.7 Å². The Morgan fingerprint density at radius 1 is 0.861 bits per heavy atom. The lowest BCUT2D eigenvalue weighted by atomic mass is 9.77. The average Bonchev–Trinajstić information content (AvgIpc) is 3.17. The molecule has 6 rings (SSSR count). The third-order valence-corrected chi connectivity index (χ3v) is 6.77. The molecule has 36 heavy (non-hydrogen) atoms. The fraction of sp³-hybridized carbons (Fsp3) is 0.269. The number of aliphatic hydroxyl groups is 4. The number of carbonyl (C=O) groups is 1. The number of hydrogen-bond acceptors (Lipinski definition) is 10. The van der Waals surface area contributed by atoms with Gasteiger partial charge < -0.3 is 44.5 Å². The van der Waals surface area contributed by atoms with Crippen LogP contribution in [0.25, 0.3) is 0 Å². The zero-order valence-electron chi connectivity index (χ0n) is 18.6. The van der Waals surface area contributed by atoms with Crippen molar-refractivity contribution in [2.24, 2.45) is 0 Å². The van der Waals surface area contributed by atoms with E-state index in [0.29, 0.717) is 22.3 Å². The number of aliphatic hydroxyl groups excluding tert-OH is 4. The highest BCUT2D eigenvalue weighted by Gasteiger charge is 2.53. The molecule has 0 unspecified atom stereocenters. The maximum absolute atomic E-state index is 12.9. The van der Waals surface area contributed by atoms with E-state index < -0.39 is 48.9 Å². The number of phenols is 1. The lowest BCUT2D eigenvalue weighted by Crippen LogP contribution is -2.60. The van der Waals surface area contributed by atoms with Crippen LogP contribution in [0.2, 0.25) is 0 Å². The summed E-state index contributed by atoms with van der Waals surface area (Å²) in [6.07, 6.45) is -7.22. The zero-order valence-corrected chi connectivity index (χ0v) is 18.6. The molecule has 1 saturated heterocycles. The summed E-state index contributed by atoms with van der Waals surface area (Å²) in [7, 11) is 0. The minimum Gasteiger partial charge on any atom is -0.508 e. The summed E-state index contributed by atoms with van der Waals surface area (Å²) in [5, 5.41) is 49.9. The van der Waals surface area contributed by atoms with Gasteiger partial charge in [0.2, 0.25) is 6.29 Å². The van der Waals surface area contributed by atoms with Crippen molar-refractivity contribution in [3.8, 4) is 23.0 Å². The monoisotopic (exact) mass is 494 g/mol. The van der Waals surface area contributed by atoms with Crippen LogP contribution in [-0.2, 0) is 15.1 Å². The molecule has 10 nitrogen and oxygen atoms in total. The van der Waals surface area contributed by atoms with Crippen LogP contribution < -0.4 is 9.47 Å². The number of benzene rings is 3. The van der Waals surface area contributed by atoms with E-state index in [1.165, 1.54) is 18.2 Å². The third kappa shape index (κ3) is 3.20. The molecular formula is C26H22O10. The molecule has 0 bridgehead atoms. The highest BCUT2D eigenvalue weighted by atomic mass is 16.7. The Hall–Kier alpha value is -3.67. The van der Waals surface area contributed by atoms with Crippen LogP contribution >= 0.6 is 0 Å². The molecule has 3 aliphatic heterocycles. The van der Waals surface area contributed by atoms with Crippen LogP contribution in [0.5, 0.6) is 23.0 Å². The number of ether oxygens (including phenoxy) is 4. The smallest absolute Gasteiger partial charge is 0.340 e. The Bertz CT molecular complexity index is 1350. The van der Waals surface area contributed by atoms with E-state index in [0.717, 1.165) is 0 Å². The van der Waals surface area contributed by atoms with Crippen LogP contribution in [0.4, 0.5) is 0 Å². The number of fused-ring (bicyclic) bond motifs is 6. The first-order chi connectivity index (χ1) is 17.3. The van der Waals surface area contributed by atoms with Gasteiger partial charge in [0.25, 0.3) is 0 Å². The second kappa shape index (κ2) is 8.19. The van der Waals surface area contributed by atoms with Crippen molar-refractivity contribution in [2.75, 3.05) is 6.61 Å². The minimum atomic E-state index is -1.60. The molecule has 3 heterocycles. The number of phenolic OH excluding ortho intramolecular Hbond substituents is 1. The first kappa shape index (κ1) is 22.8. The van der Waals surface area contributed by atoms with Gasteiger partial charge in [-0.25, -0.2) is 4.79 Å². The fourth-order valence-electron chi connectivity index (χ4n) is 5.02. The first-order valence-electron chi connectivity index (χ1n) is 11.3. The molecule has 3 aromatic carbocycles. The molecule has 3 aliphatic rings. The van der Waals surface area contributed by atoms with E-state index in [9.17, 15) is 30.3 Å². The van der Waals surface area contributed by atoms with E-state index in [2.05, 4.69) is 0 Å². The summed E-state index contributed by atoms with van der Waals surface area (Å²) in [4.78, 5) is 12.9. The Morgan fingerprint density at radius 2 is 1.58 bits per heavy atom. The Balaban J connectivity index is 1.43. The van der Waals surface area contributed by atoms with Gasteiger partial charge >= 0.3 is 5.97 Å². The van der Waals surface area contributed by atoms with Gasteiger partial charge in [-0.1, -0.05) is 18.2 Å². The second-order valence-corrected chi connectivity index (χ2v) is 8.87. The van der Waals surface area contributed by atoms with E-state index in [-0.39, 0.29) is 23.0 Å². The number of hydrogen-bond donors (Lipinski definition) is 5. The van der Waals surface area contributed by atoms with Crippen LogP contribution in [-0.4, -0.2) is 68.8 Å². The molecule has 10 heteroatoms. The van der Waals surface area contributed by atoms with Crippen LogP contribution in [0.1, 0.15) is 27.0 Å². The predicted molar refractivity (Wildman–Crippen MR) is 121 cm³/mol. The molecular weight excluding hydrogens is 472 g/mol. The summed E-state index contributed by atoms with van der Waals surface area (Å²) in [5.74, 6) is 0.170. The maximum Gasteiger partial charge on any atom is 0.340 e. The Kier molecular flexibility index (Phi) is 5.18. The van der Waals surface area contributed by atoms with Gasteiger partial charge in [-0.3, -0.25) is 0 Å². The first-order valence-corrected chi connectivity index (χ1v) is 11.3. The number of esters is 1. The quantitative estimate of drug-likeness (QED) is 0.335. The molecule has 0 saturated carbocycles. The van der Waals surface area contributed by atoms with Crippen molar-refractivity contribution in [1.82, 2.24) is 0 Å². The van der Waals surface area contributed by atoms with Crippen molar-refractivity contribution in [3.05, 3.63) is 82.9 Å². The van der Waals surface area contributed by atoms with E-state index >= 15 is 0 Å². The summed E-state index contributed by atoms with van der Waals surface area (Å²) in [6, 6.07) is 16.3. The average molecular weight is 494 g/mol. The van der Waals surface area contributed by atoms with Crippen molar-refractivity contribution in [2.45, 2.75) is 36.3 Å². The molecule has 1 fully saturated rings. The van der Waals surface area contributed by atoms with Gasteiger partial charge in [-0.2, -0.15) is 0 Å². The summed E-state index contributed by atoms with van der Waals surface area (Å²) in [6.45, 7) is -0.592. The van der Waals surface area contributed by atoms with Crippen molar-refractivity contribution >= 4 is 5.97 Å².